The monoisotopic (exact) mass is 372 g/mol. The molecule has 0 saturated carbocycles. The second-order valence-corrected chi connectivity index (χ2v) is 9.23. The summed E-state index contributed by atoms with van der Waals surface area (Å²) in [7, 11) is 0. The van der Waals surface area contributed by atoms with Gasteiger partial charge in [-0.2, -0.15) is 0 Å². The third kappa shape index (κ3) is 4.22. The maximum Gasteiger partial charge on any atom is 0.331 e. The molecular formula is C24H21O2P. The van der Waals surface area contributed by atoms with Crippen LogP contribution in [-0.4, -0.2) is 18.4 Å². The molecule has 0 unspecified atom stereocenters. The highest BCUT2D eigenvalue weighted by Gasteiger charge is 2.26. The highest BCUT2D eigenvalue weighted by molar-refractivity contribution is 7.95. The summed E-state index contributed by atoms with van der Waals surface area (Å²) >= 11 is 0. The lowest BCUT2D eigenvalue weighted by Crippen LogP contribution is -2.29. The Morgan fingerprint density at radius 2 is 1.22 bits per heavy atom. The molecule has 0 spiro atoms. The minimum Gasteiger partial charge on any atom is -0.461 e. The minimum atomic E-state index is -2.31. The smallest absolute Gasteiger partial charge is 0.331 e. The molecule has 3 aromatic carbocycles. The molecule has 0 amide bonds. The van der Waals surface area contributed by atoms with Gasteiger partial charge in [-0.15, -0.1) is 12.3 Å². The molecular weight excluding hydrogens is 351 g/mol. The fraction of sp³-hybridized carbons (Fsp3) is 0.0833. The van der Waals surface area contributed by atoms with Crippen LogP contribution < -0.4 is 15.9 Å². The van der Waals surface area contributed by atoms with Gasteiger partial charge in [0.15, 0.2) is 0 Å². The van der Waals surface area contributed by atoms with Gasteiger partial charge in [-0.3, -0.25) is 0 Å². The van der Waals surface area contributed by atoms with Crippen molar-refractivity contribution in [1.82, 2.24) is 0 Å². The van der Waals surface area contributed by atoms with Crippen molar-refractivity contribution in [3.63, 3.8) is 0 Å². The maximum atomic E-state index is 12.7. The average Bonchev–Trinajstić information content (AvgIpc) is 2.74. The first-order chi connectivity index (χ1) is 13.3. The van der Waals surface area contributed by atoms with Crippen molar-refractivity contribution < 1.29 is 9.53 Å². The van der Waals surface area contributed by atoms with Gasteiger partial charge in [-0.05, 0) is 22.8 Å². The maximum absolute atomic E-state index is 12.7. The Balaban J connectivity index is 2.27. The van der Waals surface area contributed by atoms with Crippen molar-refractivity contribution in [2.75, 3.05) is 6.61 Å². The Labute approximate surface area is 160 Å². The quantitative estimate of drug-likeness (QED) is 0.287. The Hall–Kier alpha value is -3.01. The first-order valence-electron chi connectivity index (χ1n) is 8.79. The Bertz CT molecular complexity index is 868. The molecule has 0 saturated heterocycles. The number of esters is 1. The molecule has 0 heterocycles. The summed E-state index contributed by atoms with van der Waals surface area (Å²) in [6, 6.07) is 30.5. The molecule has 3 rings (SSSR count). The number of hydrogen-bond donors (Lipinski definition) is 0. The van der Waals surface area contributed by atoms with Crippen molar-refractivity contribution >= 4 is 34.6 Å². The first-order valence-corrected chi connectivity index (χ1v) is 10.6. The van der Waals surface area contributed by atoms with Gasteiger partial charge in [-0.25, -0.2) is 4.79 Å². The van der Waals surface area contributed by atoms with Gasteiger partial charge in [0, 0.05) is 12.2 Å². The van der Waals surface area contributed by atoms with Gasteiger partial charge in [0.25, 0.3) is 0 Å². The summed E-state index contributed by atoms with van der Waals surface area (Å²) < 4.78 is 5.39. The number of rotatable bonds is 6. The van der Waals surface area contributed by atoms with Crippen LogP contribution in [0.2, 0.25) is 0 Å². The Kier molecular flexibility index (Phi) is 6.31. The van der Waals surface area contributed by atoms with Crippen molar-refractivity contribution in [2.24, 2.45) is 0 Å². The van der Waals surface area contributed by atoms with Gasteiger partial charge in [-0.1, -0.05) is 91.0 Å². The molecule has 0 N–H and O–H groups in total. The zero-order valence-corrected chi connectivity index (χ0v) is 15.9. The predicted octanol–water partition coefficient (Wildman–Crippen LogP) is 3.35. The van der Waals surface area contributed by atoms with Crippen LogP contribution in [0.4, 0.5) is 0 Å². The highest BCUT2D eigenvalue weighted by atomic mass is 31.2. The summed E-state index contributed by atoms with van der Waals surface area (Å²) in [6.45, 7) is -2.08. The van der Waals surface area contributed by atoms with Crippen molar-refractivity contribution in [3.8, 4) is 12.3 Å². The third-order valence-corrected chi connectivity index (χ3v) is 8.22. The van der Waals surface area contributed by atoms with Crippen molar-refractivity contribution in [3.05, 3.63) is 91.0 Å². The molecule has 2 nitrogen and oxygen atoms in total. The molecule has 0 radical (unpaired) electrons. The van der Waals surface area contributed by atoms with E-state index in [0.29, 0.717) is 6.42 Å². The van der Waals surface area contributed by atoms with Gasteiger partial charge >= 0.3 is 5.97 Å². The molecule has 0 atom stereocenters. The van der Waals surface area contributed by atoms with E-state index in [1.807, 2.05) is 54.6 Å². The third-order valence-electron chi connectivity index (χ3n) is 4.28. The fourth-order valence-corrected chi connectivity index (χ4v) is 6.73. The van der Waals surface area contributed by atoms with Crippen LogP contribution in [0.3, 0.4) is 0 Å². The lowest BCUT2D eigenvalue weighted by Gasteiger charge is -2.28. The number of carbonyl (C=O) groups excluding carboxylic acids is 1. The zero-order valence-electron chi connectivity index (χ0n) is 15.0. The number of ether oxygens (including phenoxy) is 1. The summed E-state index contributed by atoms with van der Waals surface area (Å²) in [5.41, 5.74) is 0. The molecule has 0 fully saturated rings. The molecule has 27 heavy (non-hydrogen) atoms. The van der Waals surface area contributed by atoms with Crippen LogP contribution in [0.25, 0.3) is 0 Å². The van der Waals surface area contributed by atoms with Gasteiger partial charge in [0.1, 0.15) is 6.61 Å². The number of benzene rings is 3. The molecule has 0 aromatic heterocycles. The summed E-state index contributed by atoms with van der Waals surface area (Å²) in [5, 5.41) is 3.32. The molecule has 0 aliphatic carbocycles. The molecule has 0 bridgehead atoms. The average molecular weight is 372 g/mol. The zero-order chi connectivity index (χ0) is 19.0. The number of carbonyl (C=O) groups is 1. The van der Waals surface area contributed by atoms with Crippen LogP contribution in [0.5, 0.6) is 0 Å². The van der Waals surface area contributed by atoms with Gasteiger partial charge in [0.2, 0.25) is 0 Å². The van der Waals surface area contributed by atoms with Crippen molar-refractivity contribution in [2.45, 2.75) is 6.42 Å². The number of terminal acetylenes is 1. The van der Waals surface area contributed by atoms with E-state index in [9.17, 15) is 4.79 Å². The standard InChI is InChI=1S/C24H21O2P/c1-2-3-19-26-24(25)20-27(21-13-7-4-8-14-21,22-15-9-5-10-16-22)23-17-11-6-12-18-23/h1,4-18,20H,3,19H2. The van der Waals surface area contributed by atoms with E-state index in [2.05, 4.69) is 42.3 Å². The van der Waals surface area contributed by atoms with E-state index in [1.165, 1.54) is 0 Å². The molecule has 0 aliphatic heterocycles. The van der Waals surface area contributed by atoms with E-state index < -0.39 is 6.89 Å². The van der Waals surface area contributed by atoms with E-state index in [1.54, 1.807) is 5.80 Å². The van der Waals surface area contributed by atoms with Gasteiger partial charge < -0.3 is 4.74 Å². The van der Waals surface area contributed by atoms with Crippen LogP contribution in [0.1, 0.15) is 6.42 Å². The highest BCUT2D eigenvalue weighted by Crippen LogP contribution is 2.43. The summed E-state index contributed by atoms with van der Waals surface area (Å²) in [5.74, 6) is 3.93. The summed E-state index contributed by atoms with van der Waals surface area (Å²) in [4.78, 5) is 12.7. The van der Waals surface area contributed by atoms with Crippen LogP contribution >= 0.6 is 6.89 Å². The largest absolute Gasteiger partial charge is 0.461 e. The lowest BCUT2D eigenvalue weighted by atomic mass is 10.4. The van der Waals surface area contributed by atoms with Crippen LogP contribution in [-0.2, 0) is 9.53 Å². The molecule has 134 valence electrons. The van der Waals surface area contributed by atoms with E-state index >= 15 is 0 Å². The topological polar surface area (TPSA) is 26.3 Å². The minimum absolute atomic E-state index is 0.226. The first kappa shape index (κ1) is 18.8. The normalized spacial score (nSPS) is 10.6. The van der Waals surface area contributed by atoms with Crippen molar-refractivity contribution in [1.29, 1.82) is 0 Å². The van der Waals surface area contributed by atoms with E-state index in [0.717, 1.165) is 15.9 Å². The van der Waals surface area contributed by atoms with Crippen LogP contribution in [0, 0.1) is 12.3 Å². The summed E-state index contributed by atoms with van der Waals surface area (Å²) in [6.07, 6.45) is 5.68. The van der Waals surface area contributed by atoms with E-state index in [4.69, 9.17) is 11.2 Å². The Morgan fingerprint density at radius 1 is 0.815 bits per heavy atom. The fourth-order valence-electron chi connectivity index (χ4n) is 3.07. The molecule has 3 heteroatoms. The predicted molar refractivity (Wildman–Crippen MR) is 116 cm³/mol. The molecule has 0 aliphatic rings. The van der Waals surface area contributed by atoms with Gasteiger partial charge in [0.05, 0.1) is 0 Å². The second kappa shape index (κ2) is 9.08. The molecule has 3 aromatic rings. The van der Waals surface area contributed by atoms with E-state index in [-0.39, 0.29) is 12.6 Å². The Morgan fingerprint density at radius 3 is 1.59 bits per heavy atom. The lowest BCUT2D eigenvalue weighted by molar-refractivity contribution is -0.134. The van der Waals surface area contributed by atoms with Crippen LogP contribution in [0.15, 0.2) is 91.0 Å². The SMILES string of the molecule is C#CCCOC(=O)C=P(c1ccccc1)(c1ccccc1)c1ccccc1. The second-order valence-electron chi connectivity index (χ2n) is 5.98. The number of hydrogen-bond acceptors (Lipinski definition) is 2.